The Labute approximate surface area is 168 Å². The van der Waals surface area contributed by atoms with Gasteiger partial charge in [-0.3, -0.25) is 4.79 Å². The predicted octanol–water partition coefficient (Wildman–Crippen LogP) is 4.50. The summed E-state index contributed by atoms with van der Waals surface area (Å²) in [7, 11) is 0. The number of nitrogens with one attached hydrogen (secondary N) is 1. The first-order valence-corrected chi connectivity index (χ1v) is 9.44. The average Bonchev–Trinajstić information content (AvgIpc) is 3.31. The highest BCUT2D eigenvalue weighted by atomic mass is 35.5. The number of amides is 1. The number of hydrogen-bond donors (Lipinski definition) is 1. The third-order valence-electron chi connectivity index (χ3n) is 3.58. The van der Waals surface area contributed by atoms with Crippen LogP contribution in [0.5, 0.6) is 11.5 Å². The van der Waals surface area contributed by atoms with Crippen LogP contribution in [0.3, 0.4) is 0 Å². The maximum Gasteiger partial charge on any atom is 0.277 e. The summed E-state index contributed by atoms with van der Waals surface area (Å²) in [6.07, 6.45) is 0. The summed E-state index contributed by atoms with van der Waals surface area (Å²) < 4.78 is 16.2. The van der Waals surface area contributed by atoms with E-state index in [2.05, 4.69) is 15.5 Å². The quantitative estimate of drug-likeness (QED) is 0.604. The second kappa shape index (κ2) is 7.67. The number of halogens is 2. The lowest BCUT2D eigenvalue weighted by Gasteiger charge is -2.08. The van der Waals surface area contributed by atoms with Crippen LogP contribution in [0.25, 0.3) is 11.5 Å². The molecule has 10 heteroatoms. The fourth-order valence-corrected chi connectivity index (χ4v) is 3.39. The first-order chi connectivity index (χ1) is 13.1. The Kier molecular flexibility index (Phi) is 5.11. The molecule has 0 atom stereocenters. The number of rotatable bonds is 5. The van der Waals surface area contributed by atoms with Gasteiger partial charge in [-0.2, -0.15) is 0 Å². The van der Waals surface area contributed by atoms with Crippen molar-refractivity contribution < 1.29 is 18.7 Å². The van der Waals surface area contributed by atoms with Gasteiger partial charge in [0, 0.05) is 5.56 Å². The van der Waals surface area contributed by atoms with Gasteiger partial charge >= 0.3 is 0 Å². The topological polar surface area (TPSA) is 86.5 Å². The molecule has 0 unspecified atom stereocenters. The van der Waals surface area contributed by atoms with Gasteiger partial charge in [0.1, 0.15) is 0 Å². The lowest BCUT2D eigenvalue weighted by Crippen LogP contribution is -2.14. The van der Waals surface area contributed by atoms with Gasteiger partial charge in [0.15, 0.2) is 11.5 Å². The fourth-order valence-electron chi connectivity index (χ4n) is 2.33. The number of anilines is 1. The zero-order chi connectivity index (χ0) is 18.8. The van der Waals surface area contributed by atoms with E-state index in [9.17, 15) is 4.79 Å². The van der Waals surface area contributed by atoms with Crippen LogP contribution in [0.15, 0.2) is 46.0 Å². The summed E-state index contributed by atoms with van der Waals surface area (Å²) in [5.41, 5.74) is 1.07. The maximum absolute atomic E-state index is 12.1. The molecule has 2 heterocycles. The lowest BCUT2D eigenvalue weighted by molar-refractivity contribution is -0.113. The van der Waals surface area contributed by atoms with Crippen LogP contribution < -0.4 is 14.8 Å². The molecule has 2 aromatic carbocycles. The molecule has 0 saturated carbocycles. The van der Waals surface area contributed by atoms with Crippen molar-refractivity contribution in [3.05, 3.63) is 46.4 Å². The molecule has 0 fully saturated rings. The van der Waals surface area contributed by atoms with Crippen LogP contribution >= 0.6 is 35.0 Å². The molecule has 0 bridgehead atoms. The minimum Gasteiger partial charge on any atom is -0.454 e. The van der Waals surface area contributed by atoms with Gasteiger partial charge < -0.3 is 19.2 Å². The Morgan fingerprint density at radius 2 is 1.89 bits per heavy atom. The minimum atomic E-state index is -0.294. The van der Waals surface area contributed by atoms with Crippen molar-refractivity contribution in [1.82, 2.24) is 10.2 Å². The zero-order valence-corrected chi connectivity index (χ0v) is 15.9. The summed E-state index contributed by atoms with van der Waals surface area (Å²) in [6.45, 7) is 0.189. The number of carbonyl (C=O) groups is 1. The summed E-state index contributed by atoms with van der Waals surface area (Å²) in [6, 6.07) is 10.3. The first-order valence-electron chi connectivity index (χ1n) is 7.70. The standard InChI is InChI=1S/C17H11Cl2N3O4S/c18-10-2-1-3-11(19)15(10)20-14(23)7-27-17-22-21-16(26-17)9-4-5-12-13(6-9)25-8-24-12/h1-6H,7-8H2,(H,20,23). The van der Waals surface area contributed by atoms with Crippen LogP contribution in [0.2, 0.25) is 10.0 Å². The maximum atomic E-state index is 12.1. The molecule has 4 rings (SSSR count). The van der Waals surface area contributed by atoms with Gasteiger partial charge in [-0.25, -0.2) is 0 Å². The Hall–Kier alpha value is -2.42. The van der Waals surface area contributed by atoms with Gasteiger partial charge in [0.25, 0.3) is 5.22 Å². The van der Waals surface area contributed by atoms with Crippen LogP contribution in [0.4, 0.5) is 5.69 Å². The third-order valence-corrected chi connectivity index (χ3v) is 5.03. The zero-order valence-electron chi connectivity index (χ0n) is 13.6. The van der Waals surface area contributed by atoms with E-state index in [0.29, 0.717) is 38.7 Å². The number of para-hydroxylation sites is 1. The van der Waals surface area contributed by atoms with Crippen molar-refractivity contribution in [2.24, 2.45) is 0 Å². The van der Waals surface area contributed by atoms with E-state index in [1.807, 2.05) is 0 Å². The summed E-state index contributed by atoms with van der Waals surface area (Å²) in [5.74, 6) is 1.38. The molecule has 27 heavy (non-hydrogen) atoms. The van der Waals surface area contributed by atoms with Crippen molar-refractivity contribution in [2.45, 2.75) is 5.22 Å². The van der Waals surface area contributed by atoms with Crippen molar-refractivity contribution in [3.8, 4) is 23.0 Å². The molecule has 1 aromatic heterocycles. The van der Waals surface area contributed by atoms with Crippen molar-refractivity contribution in [2.75, 3.05) is 17.9 Å². The Balaban J connectivity index is 1.39. The van der Waals surface area contributed by atoms with E-state index < -0.39 is 0 Å². The number of benzene rings is 2. The lowest BCUT2D eigenvalue weighted by atomic mass is 10.2. The van der Waals surface area contributed by atoms with Crippen molar-refractivity contribution in [1.29, 1.82) is 0 Å². The first kappa shape index (κ1) is 18.0. The molecule has 3 aromatic rings. The average molecular weight is 424 g/mol. The number of ether oxygens (including phenoxy) is 2. The number of aromatic nitrogens is 2. The molecule has 7 nitrogen and oxygen atoms in total. The number of hydrogen-bond acceptors (Lipinski definition) is 7. The molecule has 1 N–H and O–H groups in total. The minimum absolute atomic E-state index is 0.0598. The number of carbonyl (C=O) groups excluding carboxylic acids is 1. The summed E-state index contributed by atoms with van der Waals surface area (Å²) in [4.78, 5) is 12.1. The molecular formula is C17H11Cl2N3O4S. The van der Waals surface area contributed by atoms with Gasteiger partial charge in [0.05, 0.1) is 21.5 Å². The molecule has 0 radical (unpaired) electrons. The van der Waals surface area contributed by atoms with E-state index in [0.717, 1.165) is 11.8 Å². The highest BCUT2D eigenvalue weighted by Crippen LogP contribution is 2.36. The highest BCUT2D eigenvalue weighted by Gasteiger charge is 2.17. The number of fused-ring (bicyclic) bond motifs is 1. The molecule has 0 saturated heterocycles. The molecule has 0 aliphatic carbocycles. The summed E-state index contributed by atoms with van der Waals surface area (Å²) >= 11 is 13.2. The highest BCUT2D eigenvalue weighted by molar-refractivity contribution is 7.99. The van der Waals surface area contributed by atoms with Gasteiger partial charge in [-0.15, -0.1) is 10.2 Å². The Morgan fingerprint density at radius 3 is 2.70 bits per heavy atom. The van der Waals surface area contributed by atoms with Crippen LogP contribution in [0.1, 0.15) is 0 Å². The van der Waals surface area contributed by atoms with Gasteiger partial charge in [-0.1, -0.05) is 41.0 Å². The summed E-state index contributed by atoms with van der Waals surface area (Å²) in [5, 5.41) is 11.6. The van der Waals surface area contributed by atoms with Gasteiger partial charge in [-0.05, 0) is 30.3 Å². The largest absolute Gasteiger partial charge is 0.454 e. The molecule has 0 spiro atoms. The van der Waals surface area contributed by atoms with Crippen molar-refractivity contribution in [3.63, 3.8) is 0 Å². The van der Waals surface area contributed by atoms with E-state index in [-0.39, 0.29) is 23.7 Å². The van der Waals surface area contributed by atoms with Crippen LogP contribution in [-0.4, -0.2) is 28.7 Å². The monoisotopic (exact) mass is 423 g/mol. The Bertz CT molecular complexity index is 991. The van der Waals surface area contributed by atoms with Gasteiger partial charge in [0.2, 0.25) is 18.6 Å². The second-order valence-corrected chi connectivity index (χ2v) is 7.12. The second-order valence-electron chi connectivity index (χ2n) is 5.37. The molecular weight excluding hydrogens is 413 g/mol. The van der Waals surface area contributed by atoms with Crippen molar-refractivity contribution >= 4 is 46.6 Å². The SMILES string of the molecule is O=C(CSc1nnc(-c2ccc3c(c2)OCO3)o1)Nc1c(Cl)cccc1Cl. The van der Waals surface area contributed by atoms with E-state index in [1.165, 1.54) is 0 Å². The number of nitrogens with zero attached hydrogens (tertiary/aromatic N) is 2. The fraction of sp³-hybridized carbons (Fsp3) is 0.118. The molecule has 1 aliphatic rings. The van der Waals surface area contributed by atoms with E-state index in [1.54, 1.807) is 36.4 Å². The normalized spacial score (nSPS) is 12.2. The van der Waals surface area contributed by atoms with Crippen LogP contribution in [0, 0.1) is 0 Å². The van der Waals surface area contributed by atoms with Crippen LogP contribution in [-0.2, 0) is 4.79 Å². The predicted molar refractivity (Wildman–Crippen MR) is 102 cm³/mol. The molecule has 1 amide bonds. The van der Waals surface area contributed by atoms with E-state index >= 15 is 0 Å². The molecule has 138 valence electrons. The Morgan fingerprint density at radius 1 is 1.11 bits per heavy atom. The van der Waals surface area contributed by atoms with E-state index in [4.69, 9.17) is 37.1 Å². The smallest absolute Gasteiger partial charge is 0.277 e. The third kappa shape index (κ3) is 3.97. The number of thioether (sulfide) groups is 1. The molecule has 1 aliphatic heterocycles.